The number of aryl methyl sites for hydroxylation is 2. The number of hydrogen-bond acceptors (Lipinski definition) is 7. The lowest BCUT2D eigenvalue weighted by Gasteiger charge is -2.14. The normalized spacial score (nSPS) is 11.2. The molecule has 1 N–H and O–H groups in total. The van der Waals surface area contributed by atoms with Crippen LogP contribution in [0.2, 0.25) is 0 Å². The van der Waals surface area contributed by atoms with Gasteiger partial charge in [0.1, 0.15) is 16.2 Å². The summed E-state index contributed by atoms with van der Waals surface area (Å²) in [6, 6.07) is 0. The van der Waals surface area contributed by atoms with E-state index in [9.17, 15) is 14.4 Å². The first kappa shape index (κ1) is 25.1. The van der Waals surface area contributed by atoms with Gasteiger partial charge in [-0.2, -0.15) is 0 Å². The van der Waals surface area contributed by atoms with Crippen LogP contribution < -0.4 is 16.6 Å². The molecule has 0 aliphatic heterocycles. The van der Waals surface area contributed by atoms with Gasteiger partial charge in [0.25, 0.3) is 5.56 Å². The molecule has 0 aliphatic rings. The molecule has 0 bridgehead atoms. The van der Waals surface area contributed by atoms with E-state index in [1.807, 2.05) is 6.92 Å². The number of ether oxygens (including phenoxy) is 1. The van der Waals surface area contributed by atoms with Gasteiger partial charge >= 0.3 is 5.69 Å². The third kappa shape index (κ3) is 6.64. The predicted molar refractivity (Wildman–Crippen MR) is 123 cm³/mol. The highest BCUT2D eigenvalue weighted by atomic mass is 32.2. The van der Waals surface area contributed by atoms with E-state index in [0.717, 1.165) is 36.7 Å². The summed E-state index contributed by atoms with van der Waals surface area (Å²) in [6.07, 6.45) is 5.67. The molecule has 0 saturated carbocycles. The number of methoxy groups -OCH3 is 1. The number of hydrogen-bond donors (Lipinski definition) is 1. The Balaban J connectivity index is 2.46. The van der Waals surface area contributed by atoms with E-state index in [2.05, 4.69) is 22.2 Å². The zero-order chi connectivity index (χ0) is 22.8. The molecule has 0 radical (unpaired) electrons. The van der Waals surface area contributed by atoms with Crippen LogP contribution in [0.3, 0.4) is 0 Å². The monoisotopic (exact) mass is 451 g/mol. The Hall–Kier alpha value is -2.20. The number of nitrogens with one attached hydrogen (secondary N) is 1. The van der Waals surface area contributed by atoms with E-state index >= 15 is 0 Å². The van der Waals surface area contributed by atoms with Crippen molar-refractivity contribution < 1.29 is 9.53 Å². The number of carbonyl (C=O) groups excluding carboxylic acids is 1. The molecule has 31 heavy (non-hydrogen) atoms. The molecular weight excluding hydrogens is 418 g/mol. The first-order valence-corrected chi connectivity index (χ1v) is 11.8. The van der Waals surface area contributed by atoms with Gasteiger partial charge in [-0.25, -0.2) is 14.8 Å². The maximum atomic E-state index is 12.9. The lowest BCUT2D eigenvalue weighted by molar-refractivity contribution is -0.118. The van der Waals surface area contributed by atoms with Crippen LogP contribution in [0.15, 0.2) is 14.6 Å². The molecule has 0 aliphatic carbocycles. The Morgan fingerprint density at radius 2 is 1.90 bits per heavy atom. The first-order valence-electron chi connectivity index (χ1n) is 10.8. The maximum Gasteiger partial charge on any atom is 0.332 e. The number of carbonyl (C=O) groups is 1. The quantitative estimate of drug-likeness (QED) is 0.281. The SMILES string of the molecule is CCCCCCc1nc(SCC(=O)NCCOC)c2c(=O)n(C)c(=O)n(CCC)c2n1. The van der Waals surface area contributed by atoms with Crippen molar-refractivity contribution in [2.45, 2.75) is 63.9 Å². The van der Waals surface area contributed by atoms with E-state index in [1.165, 1.54) is 23.4 Å². The Morgan fingerprint density at radius 1 is 1.13 bits per heavy atom. The molecule has 172 valence electrons. The van der Waals surface area contributed by atoms with Crippen LogP contribution in [0.4, 0.5) is 0 Å². The average Bonchev–Trinajstić information content (AvgIpc) is 2.76. The summed E-state index contributed by atoms with van der Waals surface area (Å²) < 4.78 is 7.57. The van der Waals surface area contributed by atoms with Crippen molar-refractivity contribution in [2.24, 2.45) is 7.05 Å². The molecule has 1 amide bonds. The molecule has 0 aromatic carbocycles. The van der Waals surface area contributed by atoms with Gasteiger partial charge in [-0.05, 0) is 12.8 Å². The summed E-state index contributed by atoms with van der Waals surface area (Å²) in [5, 5.41) is 3.51. The minimum absolute atomic E-state index is 0.112. The van der Waals surface area contributed by atoms with Crippen molar-refractivity contribution >= 4 is 28.7 Å². The maximum absolute atomic E-state index is 12.9. The van der Waals surface area contributed by atoms with Gasteiger partial charge in [0.2, 0.25) is 5.91 Å². The van der Waals surface area contributed by atoms with Crippen LogP contribution in [0.5, 0.6) is 0 Å². The number of amides is 1. The van der Waals surface area contributed by atoms with Gasteiger partial charge in [0, 0.05) is 33.7 Å². The fourth-order valence-corrected chi connectivity index (χ4v) is 4.07. The van der Waals surface area contributed by atoms with Crippen LogP contribution in [0.1, 0.15) is 51.8 Å². The lowest BCUT2D eigenvalue weighted by Crippen LogP contribution is -2.39. The van der Waals surface area contributed by atoms with E-state index in [4.69, 9.17) is 4.74 Å². The topological polar surface area (TPSA) is 108 Å². The number of aromatic nitrogens is 4. The van der Waals surface area contributed by atoms with E-state index in [0.29, 0.717) is 48.0 Å². The molecule has 2 aromatic heterocycles. The summed E-state index contributed by atoms with van der Waals surface area (Å²) in [4.78, 5) is 47.0. The predicted octanol–water partition coefficient (Wildman–Crippen LogP) is 1.88. The van der Waals surface area contributed by atoms with Crippen LogP contribution in [0, 0.1) is 0 Å². The van der Waals surface area contributed by atoms with Crippen LogP contribution in [-0.2, 0) is 29.5 Å². The number of thioether (sulfide) groups is 1. The van der Waals surface area contributed by atoms with Crippen molar-refractivity contribution in [3.8, 4) is 0 Å². The summed E-state index contributed by atoms with van der Waals surface area (Å²) in [6.45, 7) is 5.42. The fraction of sp³-hybridized carbons (Fsp3) is 0.667. The molecule has 10 heteroatoms. The molecule has 0 atom stereocenters. The minimum Gasteiger partial charge on any atom is -0.383 e. The Kier molecular flexibility index (Phi) is 10.2. The molecular formula is C21H33N5O4S. The smallest absolute Gasteiger partial charge is 0.332 e. The van der Waals surface area contributed by atoms with Crippen molar-refractivity contribution in [3.63, 3.8) is 0 Å². The van der Waals surface area contributed by atoms with Gasteiger partial charge < -0.3 is 10.1 Å². The molecule has 0 fully saturated rings. The summed E-state index contributed by atoms with van der Waals surface area (Å²) >= 11 is 1.20. The van der Waals surface area contributed by atoms with E-state index in [1.54, 1.807) is 7.11 Å². The lowest BCUT2D eigenvalue weighted by atomic mass is 10.1. The summed E-state index contributed by atoms with van der Waals surface area (Å²) in [5.41, 5.74) is -0.465. The third-order valence-electron chi connectivity index (χ3n) is 4.86. The number of nitrogens with zero attached hydrogens (tertiary/aromatic N) is 4. The second-order valence-electron chi connectivity index (χ2n) is 7.38. The van der Waals surface area contributed by atoms with Gasteiger partial charge in [-0.3, -0.25) is 18.7 Å². The van der Waals surface area contributed by atoms with E-state index < -0.39 is 5.56 Å². The number of unbranched alkanes of at least 4 members (excludes halogenated alkanes) is 3. The molecule has 0 spiro atoms. The minimum atomic E-state index is -0.438. The van der Waals surface area contributed by atoms with E-state index in [-0.39, 0.29) is 17.3 Å². The molecule has 0 saturated heterocycles. The third-order valence-corrected chi connectivity index (χ3v) is 5.84. The van der Waals surface area contributed by atoms with Crippen molar-refractivity contribution in [1.29, 1.82) is 0 Å². The van der Waals surface area contributed by atoms with Gasteiger partial charge in [-0.15, -0.1) is 0 Å². The molecule has 0 unspecified atom stereocenters. The number of fused-ring (bicyclic) bond motifs is 1. The first-order chi connectivity index (χ1) is 14.9. The standard InChI is InChI=1S/C21H33N5O4S/c1-5-7-8-9-10-15-23-18-17(20(28)25(3)21(29)26(18)12-6-2)19(24-15)31-14-16(27)22-11-13-30-4/h5-14H2,1-4H3,(H,22,27). The molecule has 2 rings (SSSR count). The Morgan fingerprint density at radius 3 is 2.58 bits per heavy atom. The summed E-state index contributed by atoms with van der Waals surface area (Å²) in [7, 11) is 3.03. The zero-order valence-corrected chi connectivity index (χ0v) is 19.7. The van der Waals surface area contributed by atoms with Crippen molar-refractivity contribution in [2.75, 3.05) is 26.0 Å². The molecule has 9 nitrogen and oxygen atoms in total. The largest absolute Gasteiger partial charge is 0.383 e. The average molecular weight is 452 g/mol. The van der Waals surface area contributed by atoms with Gasteiger partial charge in [0.05, 0.1) is 12.4 Å². The highest BCUT2D eigenvalue weighted by Gasteiger charge is 2.19. The van der Waals surface area contributed by atoms with Crippen LogP contribution in [0.25, 0.3) is 11.0 Å². The highest BCUT2D eigenvalue weighted by Crippen LogP contribution is 2.23. The number of rotatable bonds is 13. The summed E-state index contributed by atoms with van der Waals surface area (Å²) in [5.74, 6) is 0.543. The van der Waals surface area contributed by atoms with Crippen LogP contribution in [-0.4, -0.2) is 51.0 Å². The van der Waals surface area contributed by atoms with Crippen molar-refractivity contribution in [3.05, 3.63) is 26.7 Å². The highest BCUT2D eigenvalue weighted by molar-refractivity contribution is 8.00. The molecule has 2 heterocycles. The zero-order valence-electron chi connectivity index (χ0n) is 18.9. The van der Waals surface area contributed by atoms with Crippen molar-refractivity contribution in [1.82, 2.24) is 24.4 Å². The van der Waals surface area contributed by atoms with Gasteiger partial charge in [0.15, 0.2) is 5.65 Å². The van der Waals surface area contributed by atoms with Gasteiger partial charge in [-0.1, -0.05) is 44.9 Å². The Labute approximate surface area is 186 Å². The second kappa shape index (κ2) is 12.6. The fourth-order valence-electron chi connectivity index (χ4n) is 3.21. The van der Waals surface area contributed by atoms with Crippen LogP contribution >= 0.6 is 11.8 Å². The second-order valence-corrected chi connectivity index (χ2v) is 8.35. The Bertz CT molecular complexity index is 1000. The molecule has 2 aromatic rings.